The van der Waals surface area contributed by atoms with Crippen molar-refractivity contribution in [2.24, 2.45) is 0 Å². The first-order valence-electron chi connectivity index (χ1n) is 5.52. The maximum Gasteiger partial charge on any atom is 0.185 e. The number of aryl methyl sites for hydroxylation is 1. The molecule has 0 fully saturated rings. The topological polar surface area (TPSA) is 56.2 Å². The van der Waals surface area contributed by atoms with Gasteiger partial charge >= 0.3 is 0 Å². The van der Waals surface area contributed by atoms with Crippen LogP contribution in [0.15, 0.2) is 36.5 Å². The minimum atomic E-state index is -0.344. The van der Waals surface area contributed by atoms with E-state index in [-0.39, 0.29) is 5.82 Å². The van der Waals surface area contributed by atoms with E-state index in [1.54, 1.807) is 22.7 Å². The summed E-state index contributed by atoms with van der Waals surface area (Å²) >= 11 is 0. The van der Waals surface area contributed by atoms with E-state index in [4.69, 9.17) is 5.73 Å². The van der Waals surface area contributed by atoms with Gasteiger partial charge in [0, 0.05) is 6.20 Å². The number of nitrogens with two attached hydrogens (primary N) is 1. The first-order valence-corrected chi connectivity index (χ1v) is 5.52. The number of pyridine rings is 1. The summed E-state index contributed by atoms with van der Waals surface area (Å²) in [6, 6.07) is 8.23. The third kappa shape index (κ3) is 1.60. The van der Waals surface area contributed by atoms with Crippen LogP contribution >= 0.6 is 0 Å². The minimum absolute atomic E-state index is 0.338. The molecule has 90 valence electrons. The Hall–Kier alpha value is -2.43. The summed E-state index contributed by atoms with van der Waals surface area (Å²) in [4.78, 5) is 4.27. The van der Waals surface area contributed by atoms with E-state index in [1.165, 1.54) is 6.07 Å². The van der Waals surface area contributed by atoms with Gasteiger partial charge in [0.15, 0.2) is 11.5 Å². The second-order valence-corrected chi connectivity index (χ2v) is 4.16. The molecule has 18 heavy (non-hydrogen) atoms. The van der Waals surface area contributed by atoms with E-state index in [0.717, 1.165) is 5.56 Å². The highest BCUT2D eigenvalue weighted by Crippen LogP contribution is 2.22. The molecule has 0 bridgehead atoms. The highest BCUT2D eigenvalue weighted by molar-refractivity contribution is 5.68. The Morgan fingerprint density at radius 3 is 2.83 bits per heavy atom. The normalized spacial score (nSPS) is 11.0. The van der Waals surface area contributed by atoms with E-state index >= 15 is 0 Å². The molecule has 3 aromatic rings. The molecule has 0 aliphatic rings. The van der Waals surface area contributed by atoms with Crippen molar-refractivity contribution in [1.29, 1.82) is 0 Å². The molecule has 2 heterocycles. The molecular weight excluding hydrogens is 231 g/mol. The quantitative estimate of drug-likeness (QED) is 0.713. The summed E-state index contributed by atoms with van der Waals surface area (Å²) < 4.78 is 15.2. The van der Waals surface area contributed by atoms with Crippen molar-refractivity contribution >= 4 is 11.3 Å². The summed E-state index contributed by atoms with van der Waals surface area (Å²) in [7, 11) is 0. The molecule has 2 N–H and O–H groups in total. The molecule has 3 rings (SSSR count). The number of anilines is 1. The third-order valence-corrected chi connectivity index (χ3v) is 2.71. The summed E-state index contributed by atoms with van der Waals surface area (Å²) in [6.45, 7) is 1.92. The van der Waals surface area contributed by atoms with Gasteiger partial charge in [0.05, 0.1) is 11.3 Å². The van der Waals surface area contributed by atoms with Crippen LogP contribution in [0, 0.1) is 12.7 Å². The summed E-state index contributed by atoms with van der Waals surface area (Å²) in [5.74, 6) is -0.00546. The van der Waals surface area contributed by atoms with E-state index in [1.807, 2.05) is 19.2 Å². The number of nitrogens with zero attached hydrogens (tertiary/aromatic N) is 3. The van der Waals surface area contributed by atoms with Gasteiger partial charge in [0.1, 0.15) is 5.82 Å². The van der Waals surface area contributed by atoms with Crippen molar-refractivity contribution in [3.05, 3.63) is 47.9 Å². The summed E-state index contributed by atoms with van der Waals surface area (Å²) in [5, 5.41) is 4.25. The Labute approximate surface area is 103 Å². The average Bonchev–Trinajstić information content (AvgIpc) is 2.73. The van der Waals surface area contributed by atoms with Gasteiger partial charge in [-0.1, -0.05) is 12.1 Å². The second kappa shape index (κ2) is 3.80. The second-order valence-electron chi connectivity index (χ2n) is 4.16. The molecule has 0 radical (unpaired) electrons. The van der Waals surface area contributed by atoms with Crippen molar-refractivity contribution in [2.45, 2.75) is 6.92 Å². The Morgan fingerprint density at radius 1 is 1.28 bits per heavy atom. The lowest BCUT2D eigenvalue weighted by Crippen LogP contribution is -1.94. The Morgan fingerprint density at radius 2 is 2.06 bits per heavy atom. The van der Waals surface area contributed by atoms with Crippen LogP contribution in [0.4, 0.5) is 10.1 Å². The molecule has 5 heteroatoms. The molecule has 0 unspecified atom stereocenters. The Bertz CT molecular complexity index is 733. The van der Waals surface area contributed by atoms with Gasteiger partial charge in [-0.2, -0.15) is 0 Å². The molecule has 0 aliphatic carbocycles. The van der Waals surface area contributed by atoms with Gasteiger partial charge in [0.25, 0.3) is 0 Å². The Kier molecular flexibility index (Phi) is 2.26. The van der Waals surface area contributed by atoms with Crippen LogP contribution in [0.3, 0.4) is 0 Å². The lowest BCUT2D eigenvalue weighted by Gasteiger charge is -1.97. The number of nitrogen functional groups attached to an aromatic ring is 1. The van der Waals surface area contributed by atoms with Crippen molar-refractivity contribution in [2.75, 3.05) is 5.73 Å². The van der Waals surface area contributed by atoms with E-state index in [2.05, 4.69) is 10.1 Å². The number of benzene rings is 1. The molecular formula is C13H11FN4. The molecule has 2 aromatic heterocycles. The van der Waals surface area contributed by atoms with Crippen LogP contribution in [0.25, 0.3) is 17.0 Å². The van der Waals surface area contributed by atoms with Crippen LogP contribution in [-0.4, -0.2) is 14.6 Å². The maximum atomic E-state index is 13.7. The number of fused-ring (bicyclic) bond motifs is 1. The first-order chi connectivity index (χ1) is 8.65. The number of hydrogen-bond acceptors (Lipinski definition) is 3. The van der Waals surface area contributed by atoms with Gasteiger partial charge < -0.3 is 5.73 Å². The smallest absolute Gasteiger partial charge is 0.185 e. The molecule has 0 amide bonds. The van der Waals surface area contributed by atoms with E-state index in [0.29, 0.717) is 22.7 Å². The highest BCUT2D eigenvalue weighted by Gasteiger charge is 2.12. The van der Waals surface area contributed by atoms with Crippen molar-refractivity contribution in [3.8, 4) is 11.4 Å². The van der Waals surface area contributed by atoms with E-state index < -0.39 is 0 Å². The third-order valence-electron chi connectivity index (χ3n) is 2.71. The van der Waals surface area contributed by atoms with Gasteiger partial charge in [-0.15, -0.1) is 5.10 Å². The lowest BCUT2D eigenvalue weighted by molar-refractivity contribution is 0.630. The summed E-state index contributed by atoms with van der Waals surface area (Å²) in [6.07, 6.45) is 1.81. The monoisotopic (exact) mass is 242 g/mol. The van der Waals surface area contributed by atoms with Crippen LogP contribution in [0.5, 0.6) is 0 Å². The maximum absolute atomic E-state index is 13.7. The van der Waals surface area contributed by atoms with Crippen molar-refractivity contribution in [3.63, 3.8) is 0 Å². The fourth-order valence-electron chi connectivity index (χ4n) is 1.91. The van der Waals surface area contributed by atoms with Crippen molar-refractivity contribution < 1.29 is 4.39 Å². The highest BCUT2D eigenvalue weighted by atomic mass is 19.1. The van der Waals surface area contributed by atoms with Crippen LogP contribution < -0.4 is 5.73 Å². The fraction of sp³-hybridized carbons (Fsp3) is 0.0769. The van der Waals surface area contributed by atoms with Gasteiger partial charge in [-0.25, -0.2) is 13.9 Å². The lowest BCUT2D eigenvalue weighted by atomic mass is 10.2. The zero-order valence-corrected chi connectivity index (χ0v) is 9.76. The van der Waals surface area contributed by atoms with Gasteiger partial charge in [-0.05, 0) is 30.7 Å². The zero-order chi connectivity index (χ0) is 12.7. The molecule has 0 saturated heterocycles. The molecule has 0 spiro atoms. The van der Waals surface area contributed by atoms with Crippen molar-refractivity contribution in [1.82, 2.24) is 14.6 Å². The van der Waals surface area contributed by atoms with Crippen LogP contribution in [-0.2, 0) is 0 Å². The molecule has 0 aliphatic heterocycles. The SMILES string of the molecule is Cc1cc(N)c2nc(-c3ccccc3F)nn2c1. The van der Waals surface area contributed by atoms with E-state index in [9.17, 15) is 4.39 Å². The largest absolute Gasteiger partial charge is 0.396 e. The number of halogens is 1. The summed E-state index contributed by atoms with van der Waals surface area (Å²) in [5.41, 5.74) is 8.29. The fourth-order valence-corrected chi connectivity index (χ4v) is 1.91. The van der Waals surface area contributed by atoms with Gasteiger partial charge in [0.2, 0.25) is 0 Å². The first kappa shape index (κ1) is 10.7. The van der Waals surface area contributed by atoms with Gasteiger partial charge in [-0.3, -0.25) is 0 Å². The number of aromatic nitrogens is 3. The average molecular weight is 242 g/mol. The predicted molar refractivity (Wildman–Crippen MR) is 67.5 cm³/mol. The predicted octanol–water partition coefficient (Wildman–Crippen LogP) is 2.43. The molecule has 1 aromatic carbocycles. The molecule has 0 atom stereocenters. The number of hydrogen-bond donors (Lipinski definition) is 1. The minimum Gasteiger partial charge on any atom is -0.396 e. The van der Waals surface area contributed by atoms with Crippen LogP contribution in [0.2, 0.25) is 0 Å². The zero-order valence-electron chi connectivity index (χ0n) is 9.76. The standard InChI is InChI=1S/C13H11FN4/c1-8-6-11(15)13-16-12(17-18(13)7-8)9-4-2-3-5-10(9)14/h2-7H,15H2,1H3. The Balaban J connectivity index is 2.26. The molecule has 4 nitrogen and oxygen atoms in total. The number of rotatable bonds is 1. The van der Waals surface area contributed by atoms with Crippen LogP contribution in [0.1, 0.15) is 5.56 Å². The molecule has 0 saturated carbocycles.